The number of carbonyl (C=O) groups excluding carboxylic acids is 1. The number of piperidine rings is 1. The first-order valence-electron chi connectivity index (χ1n) is 8.33. The molecule has 6 heteroatoms. The highest BCUT2D eigenvalue weighted by Crippen LogP contribution is 2.26. The molecule has 1 aromatic heterocycles. The molecule has 0 N–H and O–H groups in total. The summed E-state index contributed by atoms with van der Waals surface area (Å²) in [7, 11) is 1.60. The number of ether oxygens (including phenoxy) is 1. The molecular formula is C18H24N4O2. The van der Waals surface area contributed by atoms with Crippen molar-refractivity contribution in [1.29, 1.82) is 0 Å². The van der Waals surface area contributed by atoms with Gasteiger partial charge >= 0.3 is 0 Å². The Bertz CT molecular complexity index is 753. The number of carbonyl (C=O) groups is 1. The quantitative estimate of drug-likeness (QED) is 0.869. The molecule has 1 aromatic carbocycles. The number of likely N-dealkylation sites (tertiary alicyclic amines) is 1. The maximum absolute atomic E-state index is 13.0. The van der Waals surface area contributed by atoms with Crippen LogP contribution in [-0.4, -0.2) is 45.8 Å². The summed E-state index contributed by atoms with van der Waals surface area (Å²) in [5, 5.41) is 4.49. The number of aromatic nitrogens is 3. The zero-order valence-corrected chi connectivity index (χ0v) is 14.7. The Morgan fingerprint density at radius 2 is 2.08 bits per heavy atom. The normalized spacial score (nSPS) is 17.8. The molecule has 0 aliphatic carbocycles. The molecular weight excluding hydrogens is 304 g/mol. The van der Waals surface area contributed by atoms with Crippen LogP contribution >= 0.6 is 0 Å². The third-order valence-corrected chi connectivity index (χ3v) is 4.52. The second-order valence-corrected chi connectivity index (χ2v) is 6.40. The van der Waals surface area contributed by atoms with E-state index in [1.54, 1.807) is 7.11 Å². The fraction of sp³-hybridized carbons (Fsp3) is 0.500. The van der Waals surface area contributed by atoms with E-state index in [1.165, 1.54) is 0 Å². The van der Waals surface area contributed by atoms with E-state index in [0.717, 1.165) is 36.6 Å². The standard InChI is InChI=1S/C18H24N4O2/c1-12-7-8-17(24-4)16(10-12)18(23)21-9-5-6-15(11-21)22-14(3)19-13(2)20-22/h7-8,10,15H,5-6,9,11H2,1-4H3/t15-/m1/s1. The highest BCUT2D eigenvalue weighted by molar-refractivity contribution is 5.97. The number of amides is 1. The molecule has 1 amide bonds. The largest absolute Gasteiger partial charge is 0.496 e. The summed E-state index contributed by atoms with van der Waals surface area (Å²) in [5.41, 5.74) is 1.68. The van der Waals surface area contributed by atoms with Gasteiger partial charge in [-0.2, -0.15) is 5.10 Å². The van der Waals surface area contributed by atoms with Crippen LogP contribution in [0.3, 0.4) is 0 Å². The molecule has 0 unspecified atom stereocenters. The molecule has 6 nitrogen and oxygen atoms in total. The van der Waals surface area contributed by atoms with Crippen LogP contribution in [0, 0.1) is 20.8 Å². The van der Waals surface area contributed by atoms with Crippen LogP contribution in [0.1, 0.15) is 46.5 Å². The summed E-state index contributed by atoms with van der Waals surface area (Å²) in [5.74, 6) is 2.33. The van der Waals surface area contributed by atoms with E-state index >= 15 is 0 Å². The van der Waals surface area contributed by atoms with Gasteiger partial charge in [-0.15, -0.1) is 0 Å². The Hall–Kier alpha value is -2.37. The first-order valence-corrected chi connectivity index (χ1v) is 8.33. The number of aryl methyl sites for hydroxylation is 3. The van der Waals surface area contributed by atoms with Gasteiger partial charge in [0.05, 0.1) is 18.7 Å². The number of rotatable bonds is 3. The molecule has 1 aliphatic heterocycles. The van der Waals surface area contributed by atoms with E-state index < -0.39 is 0 Å². The first-order chi connectivity index (χ1) is 11.5. The molecule has 2 heterocycles. The van der Waals surface area contributed by atoms with Crippen LogP contribution in [0.4, 0.5) is 0 Å². The number of nitrogens with zero attached hydrogens (tertiary/aromatic N) is 4. The third kappa shape index (κ3) is 3.13. The van der Waals surface area contributed by atoms with Gasteiger partial charge in [0, 0.05) is 13.1 Å². The lowest BCUT2D eigenvalue weighted by Crippen LogP contribution is -2.41. The summed E-state index contributed by atoms with van der Waals surface area (Å²) in [6, 6.07) is 5.89. The summed E-state index contributed by atoms with van der Waals surface area (Å²) in [6.07, 6.45) is 1.97. The van der Waals surface area contributed by atoms with E-state index in [-0.39, 0.29) is 11.9 Å². The molecule has 1 aliphatic rings. The van der Waals surface area contributed by atoms with Crippen molar-refractivity contribution in [3.63, 3.8) is 0 Å². The van der Waals surface area contributed by atoms with Gasteiger partial charge in [-0.25, -0.2) is 9.67 Å². The van der Waals surface area contributed by atoms with Crippen molar-refractivity contribution >= 4 is 5.91 Å². The van der Waals surface area contributed by atoms with Crippen LogP contribution in [0.5, 0.6) is 5.75 Å². The Balaban J connectivity index is 1.83. The van der Waals surface area contributed by atoms with E-state index in [0.29, 0.717) is 17.9 Å². The summed E-state index contributed by atoms with van der Waals surface area (Å²) >= 11 is 0. The highest BCUT2D eigenvalue weighted by atomic mass is 16.5. The van der Waals surface area contributed by atoms with E-state index in [4.69, 9.17) is 4.74 Å². The maximum atomic E-state index is 13.0. The fourth-order valence-corrected chi connectivity index (χ4v) is 3.38. The molecule has 0 radical (unpaired) electrons. The number of hydrogen-bond donors (Lipinski definition) is 0. The zero-order chi connectivity index (χ0) is 17.3. The molecule has 2 aromatic rings. The lowest BCUT2D eigenvalue weighted by molar-refractivity contribution is 0.0668. The molecule has 1 saturated heterocycles. The van der Waals surface area contributed by atoms with Crippen molar-refractivity contribution in [3.8, 4) is 5.75 Å². The highest BCUT2D eigenvalue weighted by Gasteiger charge is 2.28. The third-order valence-electron chi connectivity index (χ3n) is 4.52. The smallest absolute Gasteiger partial charge is 0.257 e. The summed E-state index contributed by atoms with van der Waals surface area (Å²) < 4.78 is 7.33. The molecule has 0 bridgehead atoms. The molecule has 128 valence electrons. The topological polar surface area (TPSA) is 60.2 Å². The van der Waals surface area contributed by atoms with Gasteiger partial charge in [0.2, 0.25) is 0 Å². The molecule has 1 atom stereocenters. The van der Waals surface area contributed by atoms with Crippen LogP contribution in [0.2, 0.25) is 0 Å². The van der Waals surface area contributed by atoms with Crippen molar-refractivity contribution in [2.45, 2.75) is 39.7 Å². The predicted molar refractivity (Wildman–Crippen MR) is 91.4 cm³/mol. The minimum atomic E-state index is 0.0229. The van der Waals surface area contributed by atoms with E-state index in [1.807, 2.05) is 48.6 Å². The second-order valence-electron chi connectivity index (χ2n) is 6.40. The van der Waals surface area contributed by atoms with Gasteiger partial charge in [0.1, 0.15) is 17.4 Å². The fourth-order valence-electron chi connectivity index (χ4n) is 3.38. The monoisotopic (exact) mass is 328 g/mol. The SMILES string of the molecule is COc1ccc(C)cc1C(=O)N1CCC[C@@H](n2nc(C)nc2C)C1. The van der Waals surface area contributed by atoms with Crippen LogP contribution in [0.15, 0.2) is 18.2 Å². The van der Waals surface area contributed by atoms with Crippen LogP contribution in [0.25, 0.3) is 0 Å². The van der Waals surface area contributed by atoms with Crippen molar-refractivity contribution in [1.82, 2.24) is 19.7 Å². The van der Waals surface area contributed by atoms with Crippen molar-refractivity contribution in [2.75, 3.05) is 20.2 Å². The number of benzene rings is 1. The van der Waals surface area contributed by atoms with Crippen molar-refractivity contribution in [3.05, 3.63) is 41.0 Å². The summed E-state index contributed by atoms with van der Waals surface area (Å²) in [4.78, 5) is 19.3. The lowest BCUT2D eigenvalue weighted by Gasteiger charge is -2.33. The van der Waals surface area contributed by atoms with Crippen LogP contribution < -0.4 is 4.74 Å². The predicted octanol–water partition coefficient (Wildman–Crippen LogP) is 2.69. The zero-order valence-electron chi connectivity index (χ0n) is 14.7. The first kappa shape index (κ1) is 16.5. The molecule has 24 heavy (non-hydrogen) atoms. The van der Waals surface area contributed by atoms with Crippen molar-refractivity contribution in [2.24, 2.45) is 0 Å². The number of methoxy groups -OCH3 is 1. The minimum absolute atomic E-state index is 0.0229. The van der Waals surface area contributed by atoms with Gasteiger partial charge in [-0.3, -0.25) is 4.79 Å². The van der Waals surface area contributed by atoms with E-state index in [9.17, 15) is 4.79 Å². The summed E-state index contributed by atoms with van der Waals surface area (Å²) in [6.45, 7) is 7.26. The van der Waals surface area contributed by atoms with Gasteiger partial charge < -0.3 is 9.64 Å². The van der Waals surface area contributed by atoms with Gasteiger partial charge in [-0.05, 0) is 45.7 Å². The Morgan fingerprint density at radius 1 is 1.29 bits per heavy atom. The Kier molecular flexibility index (Phi) is 4.55. The number of hydrogen-bond acceptors (Lipinski definition) is 4. The lowest BCUT2D eigenvalue weighted by atomic mass is 10.0. The molecule has 3 rings (SSSR count). The molecule has 0 spiro atoms. The second kappa shape index (κ2) is 6.63. The maximum Gasteiger partial charge on any atom is 0.257 e. The van der Waals surface area contributed by atoms with Crippen molar-refractivity contribution < 1.29 is 9.53 Å². The Labute approximate surface area is 142 Å². The van der Waals surface area contributed by atoms with Crippen LogP contribution in [-0.2, 0) is 0 Å². The van der Waals surface area contributed by atoms with Gasteiger partial charge in [-0.1, -0.05) is 11.6 Å². The Morgan fingerprint density at radius 3 is 2.75 bits per heavy atom. The minimum Gasteiger partial charge on any atom is -0.496 e. The average Bonchev–Trinajstić information content (AvgIpc) is 2.92. The molecule has 0 saturated carbocycles. The van der Waals surface area contributed by atoms with Gasteiger partial charge in [0.15, 0.2) is 0 Å². The van der Waals surface area contributed by atoms with E-state index in [2.05, 4.69) is 10.1 Å². The molecule has 1 fully saturated rings. The van der Waals surface area contributed by atoms with Gasteiger partial charge in [0.25, 0.3) is 5.91 Å². The average molecular weight is 328 g/mol.